The van der Waals surface area contributed by atoms with Crippen molar-refractivity contribution in [1.82, 2.24) is 10.3 Å². The molecule has 2 N–H and O–H groups in total. The summed E-state index contributed by atoms with van der Waals surface area (Å²) in [5.41, 5.74) is 0.885. The number of carboxylic acid groups (broad SMARTS) is 1. The lowest BCUT2D eigenvalue weighted by Crippen LogP contribution is -2.37. The van der Waals surface area contributed by atoms with E-state index in [-0.39, 0.29) is 23.6 Å². The summed E-state index contributed by atoms with van der Waals surface area (Å²) in [6.07, 6.45) is 2.09. The van der Waals surface area contributed by atoms with E-state index in [9.17, 15) is 9.59 Å². The van der Waals surface area contributed by atoms with Crippen LogP contribution in [0.4, 0.5) is 0 Å². The molecule has 0 saturated carbocycles. The van der Waals surface area contributed by atoms with Gasteiger partial charge in [0.2, 0.25) is 11.8 Å². The maximum Gasteiger partial charge on any atom is 0.303 e. The number of rotatable bonds is 9. The third kappa shape index (κ3) is 6.38. The Hall–Kier alpha value is -1.99. The molecule has 0 aliphatic carbocycles. The largest absolute Gasteiger partial charge is 0.481 e. The lowest BCUT2D eigenvalue weighted by atomic mass is 10.2. The molecule has 140 valence electrons. The van der Waals surface area contributed by atoms with Crippen LogP contribution < -0.4 is 5.32 Å². The third-order valence-electron chi connectivity index (χ3n) is 3.69. The fourth-order valence-electron chi connectivity index (χ4n) is 2.17. The summed E-state index contributed by atoms with van der Waals surface area (Å²) in [6.45, 7) is 3.59. The highest BCUT2D eigenvalue weighted by Crippen LogP contribution is 2.25. The first kappa shape index (κ1) is 20.3. The van der Waals surface area contributed by atoms with Gasteiger partial charge in [-0.25, -0.2) is 4.98 Å². The number of aliphatic carboxylic acids is 1. The summed E-state index contributed by atoms with van der Waals surface area (Å²) >= 11 is 7.28. The van der Waals surface area contributed by atoms with Crippen molar-refractivity contribution in [2.75, 3.05) is 0 Å². The molecule has 0 aliphatic heterocycles. The van der Waals surface area contributed by atoms with Crippen LogP contribution in [0.1, 0.15) is 32.6 Å². The van der Waals surface area contributed by atoms with Gasteiger partial charge in [0.1, 0.15) is 0 Å². The van der Waals surface area contributed by atoms with Crippen molar-refractivity contribution in [2.24, 2.45) is 0 Å². The van der Waals surface area contributed by atoms with Crippen LogP contribution >= 0.6 is 23.4 Å². The van der Waals surface area contributed by atoms with Gasteiger partial charge < -0.3 is 14.8 Å². The molecule has 26 heavy (non-hydrogen) atoms. The second-order valence-corrected chi connectivity index (χ2v) is 7.69. The zero-order valence-electron chi connectivity index (χ0n) is 14.6. The standard InChI is InChI=1S/C18H21ClN2O4S/c1-11(3-8-17(22)23)21-18(24)12(2)26-10-16-20-9-15(25-16)13-4-6-14(19)7-5-13/h4-7,9,11-12H,3,8,10H2,1-2H3,(H,21,24)(H,22,23). The van der Waals surface area contributed by atoms with Crippen molar-refractivity contribution in [2.45, 2.75) is 43.7 Å². The second-order valence-electron chi connectivity index (χ2n) is 5.92. The molecule has 0 radical (unpaired) electrons. The summed E-state index contributed by atoms with van der Waals surface area (Å²) in [5.74, 6) is 0.660. The van der Waals surface area contributed by atoms with Crippen LogP contribution in [0.15, 0.2) is 34.9 Å². The lowest BCUT2D eigenvalue weighted by molar-refractivity contribution is -0.137. The Morgan fingerprint density at radius 3 is 2.65 bits per heavy atom. The predicted molar refractivity (Wildman–Crippen MR) is 102 cm³/mol. The van der Waals surface area contributed by atoms with Gasteiger partial charge in [-0.2, -0.15) is 0 Å². The van der Waals surface area contributed by atoms with Crippen LogP contribution in [0, 0.1) is 0 Å². The smallest absolute Gasteiger partial charge is 0.303 e. The van der Waals surface area contributed by atoms with Gasteiger partial charge in [0.25, 0.3) is 0 Å². The maximum absolute atomic E-state index is 12.1. The molecule has 0 fully saturated rings. The summed E-state index contributed by atoms with van der Waals surface area (Å²) < 4.78 is 5.71. The highest BCUT2D eigenvalue weighted by molar-refractivity contribution is 7.99. The first-order valence-electron chi connectivity index (χ1n) is 8.19. The lowest BCUT2D eigenvalue weighted by Gasteiger charge is -2.16. The Bertz CT molecular complexity index is 748. The minimum Gasteiger partial charge on any atom is -0.481 e. The van der Waals surface area contributed by atoms with Gasteiger partial charge in [-0.3, -0.25) is 9.59 Å². The quantitative estimate of drug-likeness (QED) is 0.665. The number of aromatic nitrogens is 1. The van der Waals surface area contributed by atoms with Crippen LogP contribution in [0.3, 0.4) is 0 Å². The van der Waals surface area contributed by atoms with Crippen LogP contribution in [-0.4, -0.2) is 33.3 Å². The Morgan fingerprint density at radius 1 is 1.31 bits per heavy atom. The number of carbonyl (C=O) groups is 2. The van der Waals surface area contributed by atoms with Crippen molar-refractivity contribution in [3.8, 4) is 11.3 Å². The van der Waals surface area contributed by atoms with E-state index in [0.717, 1.165) is 5.56 Å². The van der Waals surface area contributed by atoms with Crippen molar-refractivity contribution < 1.29 is 19.1 Å². The Kier molecular flexibility index (Phi) is 7.53. The molecule has 0 spiro atoms. The molecule has 8 heteroatoms. The number of carboxylic acids is 1. The molecule has 0 aliphatic rings. The Balaban J connectivity index is 1.81. The van der Waals surface area contributed by atoms with Crippen molar-refractivity contribution >= 4 is 35.2 Å². The number of oxazole rings is 1. The van der Waals surface area contributed by atoms with E-state index in [1.165, 1.54) is 11.8 Å². The van der Waals surface area contributed by atoms with Gasteiger partial charge in [-0.15, -0.1) is 11.8 Å². The molecule has 2 rings (SSSR count). The van der Waals surface area contributed by atoms with Gasteiger partial charge in [0.15, 0.2) is 5.76 Å². The molecule has 1 aromatic heterocycles. The minimum absolute atomic E-state index is 0.0345. The van der Waals surface area contributed by atoms with Crippen LogP contribution in [0.5, 0.6) is 0 Å². The maximum atomic E-state index is 12.1. The average Bonchev–Trinajstić information content (AvgIpc) is 3.07. The summed E-state index contributed by atoms with van der Waals surface area (Å²) in [5, 5.41) is 11.9. The molecule has 2 aromatic rings. The fraction of sp³-hybridized carbons (Fsp3) is 0.389. The number of benzene rings is 1. The molecule has 0 bridgehead atoms. The minimum atomic E-state index is -0.867. The second kappa shape index (κ2) is 9.64. The van der Waals surface area contributed by atoms with Gasteiger partial charge >= 0.3 is 5.97 Å². The van der Waals surface area contributed by atoms with E-state index >= 15 is 0 Å². The molecule has 0 saturated heterocycles. The highest BCUT2D eigenvalue weighted by atomic mass is 35.5. The summed E-state index contributed by atoms with van der Waals surface area (Å²) in [7, 11) is 0. The molecular formula is C18H21ClN2O4S. The number of hydrogen-bond acceptors (Lipinski definition) is 5. The molecule has 1 heterocycles. The SMILES string of the molecule is CC(CCC(=O)O)NC(=O)C(C)SCc1ncc(-c2ccc(Cl)cc2)o1. The predicted octanol–water partition coefficient (Wildman–Crippen LogP) is 3.99. The van der Waals surface area contributed by atoms with E-state index in [4.69, 9.17) is 21.1 Å². The van der Waals surface area contributed by atoms with Crippen LogP contribution in [0.2, 0.25) is 5.02 Å². The van der Waals surface area contributed by atoms with Crippen LogP contribution in [0.25, 0.3) is 11.3 Å². The van der Waals surface area contributed by atoms with E-state index < -0.39 is 5.97 Å². The number of carbonyl (C=O) groups excluding carboxylic acids is 1. The number of halogens is 1. The molecule has 6 nitrogen and oxygen atoms in total. The fourth-order valence-corrected chi connectivity index (χ4v) is 3.04. The topological polar surface area (TPSA) is 92.4 Å². The first-order chi connectivity index (χ1) is 12.3. The normalized spacial score (nSPS) is 13.2. The molecular weight excluding hydrogens is 376 g/mol. The van der Waals surface area contributed by atoms with E-state index in [0.29, 0.717) is 28.8 Å². The van der Waals surface area contributed by atoms with Crippen molar-refractivity contribution in [1.29, 1.82) is 0 Å². The Morgan fingerprint density at radius 2 is 2.00 bits per heavy atom. The molecule has 1 aromatic carbocycles. The number of thioether (sulfide) groups is 1. The molecule has 2 atom stereocenters. The zero-order valence-corrected chi connectivity index (χ0v) is 16.1. The first-order valence-corrected chi connectivity index (χ1v) is 9.62. The number of nitrogens with zero attached hydrogens (tertiary/aromatic N) is 1. The summed E-state index contributed by atoms with van der Waals surface area (Å²) in [6, 6.07) is 7.10. The van der Waals surface area contributed by atoms with Crippen LogP contribution in [-0.2, 0) is 15.3 Å². The summed E-state index contributed by atoms with van der Waals surface area (Å²) in [4.78, 5) is 26.9. The zero-order chi connectivity index (χ0) is 19.1. The van der Waals surface area contributed by atoms with Crippen molar-refractivity contribution in [3.05, 3.63) is 41.4 Å². The van der Waals surface area contributed by atoms with Crippen molar-refractivity contribution in [3.63, 3.8) is 0 Å². The number of hydrogen-bond donors (Lipinski definition) is 2. The van der Waals surface area contributed by atoms with Gasteiger partial charge in [-0.05, 0) is 44.5 Å². The average molecular weight is 397 g/mol. The third-order valence-corrected chi connectivity index (χ3v) is 5.07. The van der Waals surface area contributed by atoms with Gasteiger partial charge in [0.05, 0.1) is 17.2 Å². The van der Waals surface area contributed by atoms with Gasteiger partial charge in [-0.1, -0.05) is 11.6 Å². The van der Waals surface area contributed by atoms with E-state index in [2.05, 4.69) is 10.3 Å². The van der Waals surface area contributed by atoms with Gasteiger partial charge in [0, 0.05) is 23.0 Å². The highest BCUT2D eigenvalue weighted by Gasteiger charge is 2.17. The molecule has 1 amide bonds. The molecule has 2 unspecified atom stereocenters. The van der Waals surface area contributed by atoms with E-state index in [1.807, 2.05) is 12.1 Å². The number of amides is 1. The van der Waals surface area contributed by atoms with E-state index in [1.54, 1.807) is 32.2 Å². The monoisotopic (exact) mass is 396 g/mol. The Labute approximate surface area is 161 Å². The number of nitrogens with one attached hydrogen (secondary N) is 1.